The van der Waals surface area contributed by atoms with E-state index in [9.17, 15) is 4.79 Å². The van der Waals surface area contributed by atoms with E-state index >= 15 is 0 Å². The van der Waals surface area contributed by atoms with E-state index in [0.29, 0.717) is 5.41 Å². The van der Waals surface area contributed by atoms with Gasteiger partial charge in [0.15, 0.2) is 0 Å². The maximum Gasteiger partial charge on any atom is 0.411 e. The smallest absolute Gasteiger partial charge is 0.411 e. The van der Waals surface area contributed by atoms with E-state index in [0.717, 1.165) is 71.2 Å². The highest BCUT2D eigenvalue weighted by Crippen LogP contribution is 2.67. The van der Waals surface area contributed by atoms with Crippen LogP contribution < -0.4 is 5.32 Å². The molecule has 3 nitrogen and oxygen atoms in total. The molecule has 0 unspecified atom stereocenters. The summed E-state index contributed by atoms with van der Waals surface area (Å²) in [5.41, 5.74) is 3.20. The number of rotatable bonds is 7. The molecule has 0 heterocycles. The van der Waals surface area contributed by atoms with E-state index < -0.39 is 0 Å². The van der Waals surface area contributed by atoms with Crippen LogP contribution in [0, 0.1) is 46.3 Å². The second-order valence-corrected chi connectivity index (χ2v) is 15.2. The molecule has 8 atom stereocenters. The lowest BCUT2D eigenvalue weighted by Crippen LogP contribution is -2.51. The van der Waals surface area contributed by atoms with Crippen LogP contribution in [-0.4, -0.2) is 12.2 Å². The summed E-state index contributed by atoms with van der Waals surface area (Å²) < 4.78 is 6.06. The average molecular weight is 556 g/mol. The molecule has 1 N–H and O–H groups in total. The molecule has 3 saturated carbocycles. The summed E-state index contributed by atoms with van der Waals surface area (Å²) in [5, 5.41) is 5.21. The molecule has 3 fully saturated rings. The maximum atomic E-state index is 13.0. The third-order valence-electron chi connectivity index (χ3n) is 12.6. The molecule has 0 aliphatic heterocycles. The molecular weight excluding hydrogens is 502 g/mol. The predicted molar refractivity (Wildman–Crippen MR) is 171 cm³/mol. The molecule has 222 valence electrons. The van der Waals surface area contributed by atoms with Gasteiger partial charge in [0.1, 0.15) is 6.10 Å². The van der Waals surface area contributed by atoms with Crippen molar-refractivity contribution >= 4 is 22.6 Å². The van der Waals surface area contributed by atoms with Crippen LogP contribution >= 0.6 is 0 Å². The number of carbonyl (C=O) groups is 1. The summed E-state index contributed by atoms with van der Waals surface area (Å²) in [7, 11) is 0. The minimum Gasteiger partial charge on any atom is -0.446 e. The van der Waals surface area contributed by atoms with E-state index in [1.165, 1.54) is 51.4 Å². The third kappa shape index (κ3) is 5.36. The summed E-state index contributed by atoms with van der Waals surface area (Å²) >= 11 is 0. The second kappa shape index (κ2) is 11.4. The fraction of sp³-hybridized carbons (Fsp3) is 0.658. The van der Waals surface area contributed by atoms with E-state index in [1.54, 1.807) is 5.57 Å². The molecule has 6 rings (SSSR count). The normalized spacial score (nSPS) is 35.3. The molecule has 4 aliphatic carbocycles. The van der Waals surface area contributed by atoms with Crippen molar-refractivity contribution in [3.63, 3.8) is 0 Å². The molecule has 0 bridgehead atoms. The standard InChI is InChI=1S/C38H53NO2/c1-25(2)10-8-11-26(3)32-18-19-33-31-17-16-28-24-29(20-22-37(28,4)34(31)21-23-38(32,33)5)41-36(40)39-35-15-9-13-27-12-6-7-14-30(27)35/h6-7,9,12-16,25-26,29,31-34H,8,10-11,17-24H2,1-5H3,(H,39,40)/t26-,29-,31+,32-,33+,34+,37+,38-/m1/s1. The lowest BCUT2D eigenvalue weighted by Gasteiger charge is -2.58. The maximum absolute atomic E-state index is 13.0. The Morgan fingerprint density at radius 2 is 1.76 bits per heavy atom. The van der Waals surface area contributed by atoms with Crippen LogP contribution in [0.4, 0.5) is 10.5 Å². The summed E-state index contributed by atoms with van der Waals surface area (Å²) in [5.74, 6) is 5.10. The fourth-order valence-electron chi connectivity index (χ4n) is 10.4. The van der Waals surface area contributed by atoms with E-state index in [2.05, 4.69) is 64.2 Å². The van der Waals surface area contributed by atoms with Gasteiger partial charge in [0.2, 0.25) is 0 Å². The number of fused-ring (bicyclic) bond motifs is 6. The third-order valence-corrected chi connectivity index (χ3v) is 12.6. The monoisotopic (exact) mass is 555 g/mol. The predicted octanol–water partition coefficient (Wildman–Crippen LogP) is 10.8. The number of anilines is 1. The number of benzene rings is 2. The van der Waals surface area contributed by atoms with Crippen LogP contribution in [0.3, 0.4) is 0 Å². The highest BCUT2D eigenvalue weighted by molar-refractivity contribution is 6.00. The first kappa shape index (κ1) is 28.8. The summed E-state index contributed by atoms with van der Waals surface area (Å²) in [4.78, 5) is 13.0. The number of ether oxygens (including phenoxy) is 1. The van der Waals surface area contributed by atoms with Crippen molar-refractivity contribution in [3.05, 3.63) is 54.1 Å². The molecule has 3 heteroatoms. The zero-order valence-electron chi connectivity index (χ0n) is 26.3. The van der Waals surface area contributed by atoms with Gasteiger partial charge in [-0.15, -0.1) is 0 Å². The van der Waals surface area contributed by atoms with Crippen molar-refractivity contribution in [2.45, 2.75) is 111 Å². The first-order chi connectivity index (χ1) is 19.7. The Balaban J connectivity index is 1.10. The van der Waals surface area contributed by atoms with Crippen LogP contribution in [0.15, 0.2) is 54.1 Å². The minimum atomic E-state index is -0.322. The number of hydrogen-bond donors (Lipinski definition) is 1. The van der Waals surface area contributed by atoms with Crippen LogP contribution in [0.1, 0.15) is 105 Å². The molecule has 41 heavy (non-hydrogen) atoms. The topological polar surface area (TPSA) is 38.3 Å². The Morgan fingerprint density at radius 3 is 2.59 bits per heavy atom. The lowest BCUT2D eigenvalue weighted by molar-refractivity contribution is -0.0577. The van der Waals surface area contributed by atoms with Gasteiger partial charge < -0.3 is 4.74 Å². The summed E-state index contributed by atoms with van der Waals surface area (Å²) in [6.45, 7) is 12.6. The van der Waals surface area contributed by atoms with Gasteiger partial charge in [0, 0.05) is 11.8 Å². The number of hydrogen-bond acceptors (Lipinski definition) is 2. The van der Waals surface area contributed by atoms with Crippen molar-refractivity contribution in [2.24, 2.45) is 46.3 Å². The minimum absolute atomic E-state index is 0.0303. The molecule has 1 amide bonds. The second-order valence-electron chi connectivity index (χ2n) is 15.2. The van der Waals surface area contributed by atoms with Crippen LogP contribution in [0.25, 0.3) is 10.8 Å². The first-order valence-electron chi connectivity index (χ1n) is 16.8. The van der Waals surface area contributed by atoms with Gasteiger partial charge in [0.05, 0.1) is 5.69 Å². The highest BCUT2D eigenvalue weighted by atomic mass is 16.6. The van der Waals surface area contributed by atoms with Gasteiger partial charge in [-0.05, 0) is 103 Å². The first-order valence-corrected chi connectivity index (χ1v) is 16.8. The van der Waals surface area contributed by atoms with E-state index in [4.69, 9.17) is 4.74 Å². The van der Waals surface area contributed by atoms with Crippen molar-refractivity contribution < 1.29 is 9.53 Å². The number of allylic oxidation sites excluding steroid dienone is 1. The Hall–Kier alpha value is -2.29. The molecule has 0 radical (unpaired) electrons. The van der Waals surface area contributed by atoms with Crippen LogP contribution in [0.2, 0.25) is 0 Å². The SMILES string of the molecule is CC(C)CCC[C@@H](C)[C@H]1CC[C@H]2[C@@H]3CC=C4C[C@H](OC(=O)Nc5cccc6ccccc56)CC[C@]4(C)[C@H]3CC[C@]12C. The molecule has 0 spiro atoms. The highest BCUT2D eigenvalue weighted by Gasteiger charge is 2.59. The Kier molecular flexibility index (Phi) is 8.02. The van der Waals surface area contributed by atoms with Crippen molar-refractivity contribution in [3.8, 4) is 0 Å². The number of amides is 1. The Labute approximate surface area is 248 Å². The zero-order valence-corrected chi connectivity index (χ0v) is 26.3. The molecule has 4 aliphatic rings. The van der Waals surface area contributed by atoms with Gasteiger partial charge in [-0.1, -0.05) is 102 Å². The van der Waals surface area contributed by atoms with Gasteiger partial charge >= 0.3 is 6.09 Å². The zero-order chi connectivity index (χ0) is 28.8. The molecule has 0 aromatic heterocycles. The van der Waals surface area contributed by atoms with Gasteiger partial charge in [-0.25, -0.2) is 4.79 Å². The lowest BCUT2D eigenvalue weighted by atomic mass is 9.47. The average Bonchev–Trinajstić information content (AvgIpc) is 3.30. The molecule has 2 aromatic rings. The summed E-state index contributed by atoms with van der Waals surface area (Å²) in [6, 6.07) is 14.2. The van der Waals surface area contributed by atoms with Gasteiger partial charge in [0.25, 0.3) is 0 Å². The quantitative estimate of drug-likeness (QED) is 0.345. The van der Waals surface area contributed by atoms with Crippen LogP contribution in [-0.2, 0) is 4.74 Å². The van der Waals surface area contributed by atoms with Crippen molar-refractivity contribution in [2.75, 3.05) is 5.32 Å². The number of carbonyl (C=O) groups excluding carboxylic acids is 1. The largest absolute Gasteiger partial charge is 0.446 e. The van der Waals surface area contributed by atoms with Crippen molar-refractivity contribution in [1.29, 1.82) is 0 Å². The fourth-order valence-corrected chi connectivity index (χ4v) is 10.4. The van der Waals surface area contributed by atoms with Crippen molar-refractivity contribution in [1.82, 2.24) is 0 Å². The van der Waals surface area contributed by atoms with Gasteiger partial charge in [-0.2, -0.15) is 0 Å². The Bertz CT molecular complexity index is 1270. The Morgan fingerprint density at radius 1 is 0.951 bits per heavy atom. The van der Waals surface area contributed by atoms with E-state index in [-0.39, 0.29) is 17.6 Å². The molecule has 0 saturated heterocycles. The van der Waals surface area contributed by atoms with Crippen LogP contribution in [0.5, 0.6) is 0 Å². The van der Waals surface area contributed by atoms with E-state index in [1.807, 2.05) is 24.3 Å². The summed E-state index contributed by atoms with van der Waals surface area (Å²) in [6.07, 6.45) is 16.4. The number of nitrogens with one attached hydrogen (secondary N) is 1. The van der Waals surface area contributed by atoms with Gasteiger partial charge in [-0.3, -0.25) is 5.32 Å². The molecular formula is C38H53NO2. The molecule has 2 aromatic carbocycles.